The quantitative estimate of drug-likeness (QED) is 0.193. The van der Waals surface area contributed by atoms with Crippen LogP contribution in [-0.4, -0.2) is 9.97 Å². The molecule has 2 heterocycles. The lowest BCUT2D eigenvalue weighted by Gasteiger charge is -2.11. The van der Waals surface area contributed by atoms with E-state index in [9.17, 15) is 0 Å². The molecule has 9 aromatic rings. The van der Waals surface area contributed by atoms with Crippen molar-refractivity contribution in [3.63, 3.8) is 0 Å². The number of benzene rings is 7. The summed E-state index contributed by atoms with van der Waals surface area (Å²) in [7, 11) is 0. The number of hydrogen-bond acceptors (Lipinski definition) is 3. The predicted octanol–water partition coefficient (Wildman–Crippen LogP) is 11.3. The van der Waals surface area contributed by atoms with E-state index in [-0.39, 0.29) is 0 Å². The molecule has 0 radical (unpaired) electrons. The Morgan fingerprint density at radius 3 is 2.13 bits per heavy atom. The Morgan fingerprint density at radius 2 is 1.31 bits per heavy atom. The highest BCUT2D eigenvalue weighted by Crippen LogP contribution is 2.41. The van der Waals surface area contributed by atoms with Gasteiger partial charge in [0.2, 0.25) is 0 Å². The molecular formula is C42H26N2O. The fraction of sp³-hybridized carbons (Fsp3) is 0.0476. The van der Waals surface area contributed by atoms with Gasteiger partial charge in [0.25, 0.3) is 0 Å². The molecule has 3 heteroatoms. The van der Waals surface area contributed by atoms with Crippen molar-refractivity contribution in [2.24, 2.45) is 0 Å². The maximum absolute atomic E-state index is 6.54. The van der Waals surface area contributed by atoms with Crippen molar-refractivity contribution in [3.8, 4) is 22.4 Å². The first kappa shape index (κ1) is 24.6. The van der Waals surface area contributed by atoms with Crippen LogP contribution < -0.4 is 0 Å². The van der Waals surface area contributed by atoms with Crippen LogP contribution in [0.15, 0.2) is 132 Å². The number of para-hydroxylation sites is 1. The molecule has 1 aliphatic carbocycles. The van der Waals surface area contributed by atoms with Crippen LogP contribution in [0, 0.1) is 0 Å². The first-order valence-corrected chi connectivity index (χ1v) is 15.5. The predicted molar refractivity (Wildman–Crippen MR) is 188 cm³/mol. The minimum absolute atomic E-state index is 0.873. The van der Waals surface area contributed by atoms with Crippen molar-refractivity contribution in [2.75, 3.05) is 0 Å². The van der Waals surface area contributed by atoms with Gasteiger partial charge in [0, 0.05) is 32.7 Å². The van der Waals surface area contributed by atoms with E-state index in [1.165, 1.54) is 38.1 Å². The van der Waals surface area contributed by atoms with Gasteiger partial charge in [0.15, 0.2) is 0 Å². The third kappa shape index (κ3) is 3.64. The smallest absolute Gasteiger partial charge is 0.143 e. The number of furan rings is 1. The Hall–Kier alpha value is -5.80. The fourth-order valence-corrected chi connectivity index (χ4v) is 7.37. The molecule has 0 bridgehead atoms. The summed E-state index contributed by atoms with van der Waals surface area (Å²) in [6.07, 6.45) is 8.63. The second-order valence-corrected chi connectivity index (χ2v) is 12.1. The second kappa shape index (κ2) is 9.35. The van der Waals surface area contributed by atoms with E-state index in [1.807, 2.05) is 6.20 Å². The number of rotatable bonds is 2. The van der Waals surface area contributed by atoms with Gasteiger partial charge < -0.3 is 4.42 Å². The summed E-state index contributed by atoms with van der Waals surface area (Å²) in [4.78, 5) is 10.2. The average molecular weight is 575 g/mol. The number of fused-ring (bicyclic) bond motifs is 12. The lowest BCUT2D eigenvalue weighted by Crippen LogP contribution is -1.93. The van der Waals surface area contributed by atoms with E-state index in [0.29, 0.717) is 0 Å². The lowest BCUT2D eigenvalue weighted by atomic mass is 9.92. The third-order valence-electron chi connectivity index (χ3n) is 9.53. The van der Waals surface area contributed by atoms with Crippen molar-refractivity contribution < 1.29 is 4.42 Å². The molecule has 0 fully saturated rings. The van der Waals surface area contributed by atoms with Gasteiger partial charge in [-0.1, -0.05) is 109 Å². The SMILES string of the molecule is C1=Cc2c(ccc3oc4c(-c5ccc6cc(-c7cnc8c9ccccc9c9ccccc9c8n7)ccc6c5)cccc4c23)CC1. The summed E-state index contributed by atoms with van der Waals surface area (Å²) in [6, 6.07) is 41.1. The van der Waals surface area contributed by atoms with E-state index in [1.54, 1.807) is 0 Å². The van der Waals surface area contributed by atoms with Crippen LogP contribution in [0.5, 0.6) is 0 Å². The summed E-state index contributed by atoms with van der Waals surface area (Å²) in [5.74, 6) is 0. The summed E-state index contributed by atoms with van der Waals surface area (Å²) >= 11 is 0. The van der Waals surface area contributed by atoms with E-state index in [2.05, 4.69) is 127 Å². The maximum atomic E-state index is 6.54. The second-order valence-electron chi connectivity index (χ2n) is 12.1. The Bertz CT molecular complexity index is 2680. The first-order valence-electron chi connectivity index (χ1n) is 15.5. The number of hydrogen-bond donors (Lipinski definition) is 0. The van der Waals surface area contributed by atoms with Crippen LogP contribution in [0.2, 0.25) is 0 Å². The van der Waals surface area contributed by atoms with Crippen molar-refractivity contribution >= 4 is 71.4 Å². The molecule has 0 spiro atoms. The highest BCUT2D eigenvalue weighted by molar-refractivity contribution is 6.23. The van der Waals surface area contributed by atoms with Gasteiger partial charge in [-0.05, 0) is 69.3 Å². The number of nitrogens with zero attached hydrogens (tertiary/aromatic N) is 2. The molecule has 10 rings (SSSR count). The highest BCUT2D eigenvalue weighted by Gasteiger charge is 2.18. The lowest BCUT2D eigenvalue weighted by molar-refractivity contribution is 0.669. The zero-order valence-corrected chi connectivity index (χ0v) is 24.4. The van der Waals surface area contributed by atoms with Crippen LogP contribution in [0.3, 0.4) is 0 Å². The molecule has 0 saturated heterocycles. The fourth-order valence-electron chi connectivity index (χ4n) is 7.37. The summed E-state index contributed by atoms with van der Waals surface area (Å²) in [6.45, 7) is 0. The van der Waals surface area contributed by atoms with E-state index in [4.69, 9.17) is 14.4 Å². The standard InChI is InChI=1S/C42H26N2O/c1-2-9-30-25(8-1)20-21-38-39(30)36-15-7-14-31(42(36)45-38)28-18-16-27-23-29(19-17-26(27)22-28)37-24-43-40-34-12-5-3-10-32(34)33-11-4-6-13-35(33)41(40)44-37/h2-7,9-24H,1,8H2. The summed E-state index contributed by atoms with van der Waals surface area (Å²) in [5.41, 5.74) is 10.7. The summed E-state index contributed by atoms with van der Waals surface area (Å²) < 4.78 is 6.54. The molecule has 3 nitrogen and oxygen atoms in total. The molecule has 7 aromatic carbocycles. The van der Waals surface area contributed by atoms with Crippen molar-refractivity contribution in [3.05, 3.63) is 139 Å². The molecule has 0 saturated carbocycles. The average Bonchev–Trinajstić information content (AvgIpc) is 3.51. The number of allylic oxidation sites excluding steroid dienone is 1. The topological polar surface area (TPSA) is 38.9 Å². The van der Waals surface area contributed by atoms with Crippen molar-refractivity contribution in [1.29, 1.82) is 0 Å². The minimum atomic E-state index is 0.873. The minimum Gasteiger partial charge on any atom is -0.455 e. The Morgan fingerprint density at radius 1 is 0.600 bits per heavy atom. The molecule has 210 valence electrons. The first-order chi connectivity index (χ1) is 22.3. The van der Waals surface area contributed by atoms with E-state index < -0.39 is 0 Å². The van der Waals surface area contributed by atoms with E-state index >= 15 is 0 Å². The molecular weight excluding hydrogens is 548 g/mol. The van der Waals surface area contributed by atoms with E-state index in [0.717, 1.165) is 73.6 Å². The van der Waals surface area contributed by atoms with Crippen LogP contribution in [0.1, 0.15) is 17.5 Å². The number of aryl methyl sites for hydroxylation is 1. The largest absolute Gasteiger partial charge is 0.455 e. The Balaban J connectivity index is 1.10. The van der Waals surface area contributed by atoms with Crippen LogP contribution in [0.4, 0.5) is 0 Å². The zero-order valence-electron chi connectivity index (χ0n) is 24.4. The van der Waals surface area contributed by atoms with Crippen LogP contribution >= 0.6 is 0 Å². The Labute approximate surface area is 259 Å². The molecule has 1 aliphatic rings. The molecule has 0 unspecified atom stereocenters. The summed E-state index contributed by atoms with van der Waals surface area (Å²) in [5, 5.41) is 9.41. The van der Waals surface area contributed by atoms with Gasteiger partial charge in [-0.3, -0.25) is 4.98 Å². The zero-order chi connectivity index (χ0) is 29.5. The van der Waals surface area contributed by atoms with Gasteiger partial charge in [0.05, 0.1) is 22.9 Å². The van der Waals surface area contributed by atoms with Gasteiger partial charge in [-0.2, -0.15) is 0 Å². The van der Waals surface area contributed by atoms with Gasteiger partial charge in [0.1, 0.15) is 11.2 Å². The van der Waals surface area contributed by atoms with Crippen molar-refractivity contribution in [2.45, 2.75) is 12.8 Å². The van der Waals surface area contributed by atoms with Gasteiger partial charge >= 0.3 is 0 Å². The molecule has 0 aliphatic heterocycles. The molecule has 2 aromatic heterocycles. The van der Waals surface area contributed by atoms with Gasteiger partial charge in [-0.15, -0.1) is 0 Å². The third-order valence-corrected chi connectivity index (χ3v) is 9.53. The van der Waals surface area contributed by atoms with Crippen LogP contribution in [0.25, 0.3) is 93.7 Å². The molecule has 0 amide bonds. The van der Waals surface area contributed by atoms with Crippen molar-refractivity contribution in [1.82, 2.24) is 9.97 Å². The normalized spacial score (nSPS) is 13.1. The van der Waals surface area contributed by atoms with Gasteiger partial charge in [-0.25, -0.2) is 4.98 Å². The molecule has 45 heavy (non-hydrogen) atoms. The highest BCUT2D eigenvalue weighted by atomic mass is 16.3. The molecule has 0 atom stereocenters. The molecule has 0 N–H and O–H groups in total. The maximum Gasteiger partial charge on any atom is 0.143 e. The number of aromatic nitrogens is 2. The monoisotopic (exact) mass is 574 g/mol. The Kier molecular flexibility index (Phi) is 5.11. The van der Waals surface area contributed by atoms with Crippen LogP contribution in [-0.2, 0) is 6.42 Å².